The zero-order chi connectivity index (χ0) is 12.0. The van der Waals surface area contributed by atoms with Gasteiger partial charge in [0.1, 0.15) is 0 Å². The van der Waals surface area contributed by atoms with Crippen molar-refractivity contribution in [1.82, 2.24) is 0 Å². The van der Waals surface area contributed by atoms with E-state index in [2.05, 4.69) is 6.58 Å². The molecule has 1 rings (SSSR count). The van der Waals surface area contributed by atoms with Crippen LogP contribution in [0, 0.1) is 0 Å². The number of hydrogen-bond donors (Lipinski definition) is 1. The molecule has 0 amide bonds. The van der Waals surface area contributed by atoms with Crippen LogP contribution < -0.4 is 0 Å². The number of rotatable bonds is 4. The third-order valence-corrected chi connectivity index (χ3v) is 2.18. The Morgan fingerprint density at radius 3 is 2.25 bits per heavy atom. The summed E-state index contributed by atoms with van der Waals surface area (Å²) in [5.41, 5.74) is 2.40. The second-order valence-electron chi connectivity index (χ2n) is 3.35. The summed E-state index contributed by atoms with van der Waals surface area (Å²) in [6.45, 7) is 5.56. The van der Waals surface area contributed by atoms with Crippen molar-refractivity contribution in [3.05, 3.63) is 66.3 Å². The molecule has 0 saturated carbocycles. The van der Waals surface area contributed by atoms with Crippen molar-refractivity contribution in [2.45, 2.75) is 6.92 Å². The van der Waals surface area contributed by atoms with Crippen LogP contribution in [0.1, 0.15) is 22.8 Å². The number of carboxylic acid groups (broad SMARTS) is 1. The van der Waals surface area contributed by atoms with Crippen LogP contribution in [0.5, 0.6) is 0 Å². The Morgan fingerprint density at radius 2 is 1.75 bits per heavy atom. The average Bonchev–Trinajstić information content (AvgIpc) is 2.29. The van der Waals surface area contributed by atoms with Crippen molar-refractivity contribution >= 4 is 11.5 Å². The molecule has 2 heteroatoms. The van der Waals surface area contributed by atoms with E-state index in [0.717, 1.165) is 11.1 Å². The van der Waals surface area contributed by atoms with Gasteiger partial charge < -0.3 is 5.11 Å². The molecule has 0 atom stereocenters. The first-order chi connectivity index (χ1) is 7.65. The van der Waals surface area contributed by atoms with Crippen LogP contribution in [0.3, 0.4) is 0 Å². The molecule has 0 fully saturated rings. The summed E-state index contributed by atoms with van der Waals surface area (Å²) in [6.07, 6.45) is 7.40. The van der Waals surface area contributed by atoms with Gasteiger partial charge in [-0.3, -0.25) is 0 Å². The van der Waals surface area contributed by atoms with E-state index in [1.165, 1.54) is 0 Å². The van der Waals surface area contributed by atoms with Gasteiger partial charge in [-0.25, -0.2) is 4.79 Å². The third kappa shape index (κ3) is 3.24. The van der Waals surface area contributed by atoms with E-state index in [9.17, 15) is 4.79 Å². The van der Waals surface area contributed by atoms with Gasteiger partial charge in [0.15, 0.2) is 0 Å². The van der Waals surface area contributed by atoms with E-state index in [1.807, 2.05) is 25.2 Å². The summed E-state index contributed by atoms with van der Waals surface area (Å²) in [7, 11) is 0. The molecule has 0 bridgehead atoms. The van der Waals surface area contributed by atoms with Crippen LogP contribution in [0.25, 0.3) is 5.57 Å². The summed E-state index contributed by atoms with van der Waals surface area (Å²) in [6, 6.07) is 6.81. The predicted molar refractivity (Wildman–Crippen MR) is 66.4 cm³/mol. The highest BCUT2D eigenvalue weighted by atomic mass is 16.4. The standard InChI is InChI=1S/C14H14O2/c1-3-4-5-6-11(2)12-7-9-13(10-8-12)14(15)16/h3-10H,1H2,2H3,(H,15,16)/b5-4-,11-6+. The van der Waals surface area contributed by atoms with E-state index in [0.29, 0.717) is 5.56 Å². The van der Waals surface area contributed by atoms with Gasteiger partial charge in [0, 0.05) is 0 Å². The lowest BCUT2D eigenvalue weighted by Crippen LogP contribution is -1.95. The third-order valence-electron chi connectivity index (χ3n) is 2.18. The number of allylic oxidation sites excluding steroid dienone is 5. The van der Waals surface area contributed by atoms with E-state index in [-0.39, 0.29) is 0 Å². The molecule has 0 unspecified atom stereocenters. The van der Waals surface area contributed by atoms with Crippen LogP contribution in [-0.2, 0) is 0 Å². The molecule has 1 aromatic carbocycles. The van der Waals surface area contributed by atoms with Gasteiger partial charge in [0.25, 0.3) is 0 Å². The fourth-order valence-electron chi connectivity index (χ4n) is 1.25. The molecule has 0 aromatic heterocycles. The molecular formula is C14H14O2. The Bertz CT molecular complexity index is 436. The molecule has 1 N–H and O–H groups in total. The van der Waals surface area contributed by atoms with Gasteiger partial charge in [-0.2, -0.15) is 0 Å². The topological polar surface area (TPSA) is 37.3 Å². The molecule has 82 valence electrons. The summed E-state index contributed by atoms with van der Waals surface area (Å²) >= 11 is 0. The predicted octanol–water partition coefficient (Wildman–Crippen LogP) is 3.53. The Labute approximate surface area is 95.2 Å². The number of carbonyl (C=O) groups is 1. The first-order valence-corrected chi connectivity index (χ1v) is 4.95. The maximum atomic E-state index is 10.7. The molecule has 0 aliphatic carbocycles. The SMILES string of the molecule is C=C/C=C\C=C(/C)c1ccc(C(=O)O)cc1. The number of carboxylic acids is 1. The lowest BCUT2D eigenvalue weighted by molar-refractivity contribution is 0.0697. The van der Waals surface area contributed by atoms with Gasteiger partial charge in [-0.15, -0.1) is 0 Å². The lowest BCUT2D eigenvalue weighted by Gasteiger charge is -2.01. The highest BCUT2D eigenvalue weighted by molar-refractivity contribution is 5.88. The fraction of sp³-hybridized carbons (Fsp3) is 0.0714. The minimum atomic E-state index is -0.903. The van der Waals surface area contributed by atoms with Crippen molar-refractivity contribution in [1.29, 1.82) is 0 Å². The average molecular weight is 214 g/mol. The zero-order valence-corrected chi connectivity index (χ0v) is 9.18. The smallest absolute Gasteiger partial charge is 0.335 e. The summed E-state index contributed by atoms with van der Waals surface area (Å²) in [4.78, 5) is 10.7. The quantitative estimate of drug-likeness (QED) is 0.778. The monoisotopic (exact) mass is 214 g/mol. The summed E-state index contributed by atoms with van der Waals surface area (Å²) in [5.74, 6) is -0.903. The Hall–Kier alpha value is -2.09. The largest absolute Gasteiger partial charge is 0.478 e. The minimum absolute atomic E-state index is 0.304. The highest BCUT2D eigenvalue weighted by Gasteiger charge is 2.01. The molecule has 0 heterocycles. The van der Waals surface area contributed by atoms with Crippen molar-refractivity contribution in [2.75, 3.05) is 0 Å². The highest BCUT2D eigenvalue weighted by Crippen LogP contribution is 2.14. The molecule has 0 aliphatic heterocycles. The maximum absolute atomic E-state index is 10.7. The van der Waals surface area contributed by atoms with Gasteiger partial charge in [0.2, 0.25) is 0 Å². The van der Waals surface area contributed by atoms with Crippen molar-refractivity contribution in [3.8, 4) is 0 Å². The fourth-order valence-corrected chi connectivity index (χ4v) is 1.25. The van der Waals surface area contributed by atoms with Crippen LogP contribution >= 0.6 is 0 Å². The molecule has 0 radical (unpaired) electrons. The van der Waals surface area contributed by atoms with E-state index in [1.54, 1.807) is 30.3 Å². The van der Waals surface area contributed by atoms with E-state index in [4.69, 9.17) is 5.11 Å². The van der Waals surface area contributed by atoms with Gasteiger partial charge >= 0.3 is 5.97 Å². The van der Waals surface area contributed by atoms with Crippen LogP contribution in [-0.4, -0.2) is 11.1 Å². The summed E-state index contributed by atoms with van der Waals surface area (Å²) < 4.78 is 0. The van der Waals surface area contributed by atoms with Gasteiger partial charge in [-0.05, 0) is 30.2 Å². The molecule has 16 heavy (non-hydrogen) atoms. The van der Waals surface area contributed by atoms with Crippen LogP contribution in [0.2, 0.25) is 0 Å². The minimum Gasteiger partial charge on any atom is -0.478 e. The second kappa shape index (κ2) is 5.71. The van der Waals surface area contributed by atoms with Crippen molar-refractivity contribution < 1.29 is 9.90 Å². The molecule has 0 aliphatic rings. The Morgan fingerprint density at radius 1 is 1.19 bits per heavy atom. The first kappa shape index (κ1) is 12.0. The lowest BCUT2D eigenvalue weighted by atomic mass is 10.1. The van der Waals surface area contributed by atoms with Crippen molar-refractivity contribution in [3.63, 3.8) is 0 Å². The molecule has 0 saturated heterocycles. The second-order valence-corrected chi connectivity index (χ2v) is 3.35. The van der Waals surface area contributed by atoms with Crippen LogP contribution in [0.4, 0.5) is 0 Å². The van der Waals surface area contributed by atoms with Gasteiger partial charge in [0.05, 0.1) is 5.56 Å². The molecule has 0 spiro atoms. The number of hydrogen-bond acceptors (Lipinski definition) is 1. The van der Waals surface area contributed by atoms with E-state index >= 15 is 0 Å². The normalized spacial score (nSPS) is 11.7. The number of aromatic carboxylic acids is 1. The molecule has 1 aromatic rings. The number of benzene rings is 1. The zero-order valence-electron chi connectivity index (χ0n) is 9.18. The summed E-state index contributed by atoms with van der Waals surface area (Å²) in [5, 5.41) is 8.75. The Balaban J connectivity index is 2.89. The van der Waals surface area contributed by atoms with Gasteiger partial charge in [-0.1, -0.05) is 43.0 Å². The van der Waals surface area contributed by atoms with E-state index < -0.39 is 5.97 Å². The van der Waals surface area contributed by atoms with Crippen LogP contribution in [0.15, 0.2) is 55.1 Å². The maximum Gasteiger partial charge on any atom is 0.335 e. The first-order valence-electron chi connectivity index (χ1n) is 4.95. The molecule has 2 nitrogen and oxygen atoms in total. The van der Waals surface area contributed by atoms with Crippen molar-refractivity contribution in [2.24, 2.45) is 0 Å². The Kier molecular flexibility index (Phi) is 4.28. The molecular weight excluding hydrogens is 200 g/mol.